The molecule has 18 heavy (non-hydrogen) atoms. The summed E-state index contributed by atoms with van der Waals surface area (Å²) in [5.74, 6) is 0. The maximum absolute atomic E-state index is 12.2. The van der Waals surface area contributed by atoms with Gasteiger partial charge in [0.05, 0.1) is 6.04 Å². The van der Waals surface area contributed by atoms with Crippen LogP contribution in [0.3, 0.4) is 0 Å². The second-order valence-electron chi connectivity index (χ2n) is 4.89. The number of nitrogens with one attached hydrogen (secondary N) is 1. The van der Waals surface area contributed by atoms with Crippen LogP contribution in [0.5, 0.6) is 0 Å². The maximum Gasteiger partial charge on any atom is 0.324 e. The molecule has 0 spiro atoms. The van der Waals surface area contributed by atoms with E-state index in [0.29, 0.717) is 6.04 Å². The highest BCUT2D eigenvalue weighted by Gasteiger charge is 2.34. The fraction of sp³-hybridized carbons (Fsp3) is 0.500. The molecule has 1 atom stereocenters. The molecule has 1 saturated heterocycles. The number of amides is 2. The lowest BCUT2D eigenvalue weighted by Crippen LogP contribution is -2.32. The van der Waals surface area contributed by atoms with Gasteiger partial charge in [0.1, 0.15) is 0 Å². The summed E-state index contributed by atoms with van der Waals surface area (Å²) in [6, 6.07) is 8.50. The highest BCUT2D eigenvalue weighted by atomic mass is 16.2. The number of aryl methyl sites for hydroxylation is 1. The van der Waals surface area contributed by atoms with E-state index in [9.17, 15) is 4.79 Å². The Morgan fingerprint density at radius 2 is 2.22 bits per heavy atom. The molecular weight excluding hydrogens is 226 g/mol. The van der Waals surface area contributed by atoms with Gasteiger partial charge in [-0.15, -0.1) is 0 Å². The fourth-order valence-corrected chi connectivity index (χ4v) is 2.37. The standard InChI is InChI=1S/C14H21N3O/c1-11-5-4-6-12(9-11)17-10-13(7-8-15-2)16(3)14(17)18/h4-6,9,13,15H,7-8,10H2,1-3H3. The van der Waals surface area contributed by atoms with Gasteiger partial charge in [-0.1, -0.05) is 12.1 Å². The number of urea groups is 1. The third-order valence-corrected chi connectivity index (χ3v) is 3.51. The topological polar surface area (TPSA) is 35.6 Å². The number of hydrogen-bond donors (Lipinski definition) is 1. The first-order chi connectivity index (χ1) is 8.63. The van der Waals surface area contributed by atoms with Crippen molar-refractivity contribution in [3.8, 4) is 0 Å². The average molecular weight is 247 g/mol. The van der Waals surface area contributed by atoms with Crippen molar-refractivity contribution in [1.29, 1.82) is 0 Å². The molecule has 2 rings (SSSR count). The van der Waals surface area contributed by atoms with Crippen LogP contribution < -0.4 is 10.2 Å². The van der Waals surface area contributed by atoms with Crippen LogP contribution in [0, 0.1) is 6.92 Å². The Balaban J connectivity index is 2.13. The predicted octanol–water partition coefficient (Wildman–Crippen LogP) is 1.84. The Hall–Kier alpha value is -1.55. The van der Waals surface area contributed by atoms with Gasteiger partial charge in [-0.05, 0) is 44.6 Å². The highest BCUT2D eigenvalue weighted by molar-refractivity contribution is 5.94. The van der Waals surface area contributed by atoms with Gasteiger partial charge >= 0.3 is 6.03 Å². The maximum atomic E-state index is 12.2. The number of likely N-dealkylation sites (N-methyl/N-ethyl adjacent to an activating group) is 1. The van der Waals surface area contributed by atoms with Gasteiger partial charge in [-0.2, -0.15) is 0 Å². The van der Waals surface area contributed by atoms with E-state index in [1.165, 1.54) is 5.56 Å². The second kappa shape index (κ2) is 5.40. The summed E-state index contributed by atoms with van der Waals surface area (Å²) in [7, 11) is 3.83. The van der Waals surface area contributed by atoms with Crippen LogP contribution in [-0.4, -0.2) is 44.2 Å². The number of rotatable bonds is 4. The molecule has 0 aromatic heterocycles. The molecule has 4 heteroatoms. The first-order valence-electron chi connectivity index (χ1n) is 6.39. The zero-order valence-corrected chi connectivity index (χ0v) is 11.3. The molecule has 0 bridgehead atoms. The molecule has 1 aliphatic rings. The van der Waals surface area contributed by atoms with Gasteiger partial charge in [0.2, 0.25) is 0 Å². The Bertz CT molecular complexity index is 433. The number of carbonyl (C=O) groups is 1. The lowest BCUT2D eigenvalue weighted by atomic mass is 10.2. The molecule has 1 fully saturated rings. The number of hydrogen-bond acceptors (Lipinski definition) is 2. The zero-order chi connectivity index (χ0) is 13.1. The van der Waals surface area contributed by atoms with Crippen molar-refractivity contribution < 1.29 is 4.79 Å². The average Bonchev–Trinajstić information content (AvgIpc) is 2.64. The quantitative estimate of drug-likeness (QED) is 0.881. The van der Waals surface area contributed by atoms with Crippen molar-refractivity contribution in [3.05, 3.63) is 29.8 Å². The fourth-order valence-electron chi connectivity index (χ4n) is 2.37. The van der Waals surface area contributed by atoms with Gasteiger partial charge in [-0.3, -0.25) is 4.90 Å². The molecule has 4 nitrogen and oxygen atoms in total. The SMILES string of the molecule is CNCCC1CN(c2cccc(C)c2)C(=O)N1C. The van der Waals surface area contributed by atoms with Crippen molar-refractivity contribution in [2.24, 2.45) is 0 Å². The van der Waals surface area contributed by atoms with E-state index in [4.69, 9.17) is 0 Å². The van der Waals surface area contributed by atoms with Crippen LogP contribution in [0.1, 0.15) is 12.0 Å². The summed E-state index contributed by atoms with van der Waals surface area (Å²) in [5.41, 5.74) is 2.18. The van der Waals surface area contributed by atoms with E-state index < -0.39 is 0 Å². The molecular formula is C14H21N3O. The van der Waals surface area contributed by atoms with Gasteiger partial charge in [0.25, 0.3) is 0 Å². The van der Waals surface area contributed by atoms with Crippen molar-refractivity contribution in [1.82, 2.24) is 10.2 Å². The van der Waals surface area contributed by atoms with E-state index in [-0.39, 0.29) is 6.03 Å². The molecule has 1 heterocycles. The summed E-state index contributed by atoms with van der Waals surface area (Å²) in [6.07, 6.45) is 0.987. The summed E-state index contributed by atoms with van der Waals surface area (Å²) >= 11 is 0. The molecule has 0 radical (unpaired) electrons. The molecule has 1 aromatic rings. The van der Waals surface area contributed by atoms with Gasteiger partial charge in [-0.25, -0.2) is 4.79 Å². The van der Waals surface area contributed by atoms with Crippen LogP contribution in [0.25, 0.3) is 0 Å². The van der Waals surface area contributed by atoms with E-state index >= 15 is 0 Å². The van der Waals surface area contributed by atoms with Crippen LogP contribution in [0.2, 0.25) is 0 Å². The zero-order valence-electron chi connectivity index (χ0n) is 11.3. The van der Waals surface area contributed by atoms with Gasteiger partial charge < -0.3 is 10.2 Å². The molecule has 1 unspecified atom stereocenters. The first-order valence-corrected chi connectivity index (χ1v) is 6.39. The molecule has 1 aromatic carbocycles. The van der Waals surface area contributed by atoms with Crippen molar-refractivity contribution in [2.75, 3.05) is 32.1 Å². The minimum atomic E-state index is 0.0988. The number of nitrogens with zero attached hydrogens (tertiary/aromatic N) is 2. The molecule has 1 aliphatic heterocycles. The lowest BCUT2D eigenvalue weighted by Gasteiger charge is -2.17. The summed E-state index contributed by atoms with van der Waals surface area (Å²) in [5, 5.41) is 3.14. The Morgan fingerprint density at radius 3 is 2.89 bits per heavy atom. The lowest BCUT2D eigenvalue weighted by molar-refractivity contribution is 0.217. The van der Waals surface area contributed by atoms with E-state index in [2.05, 4.69) is 11.4 Å². The van der Waals surface area contributed by atoms with Crippen molar-refractivity contribution in [3.63, 3.8) is 0 Å². The van der Waals surface area contributed by atoms with E-state index in [1.807, 2.05) is 49.0 Å². The molecule has 2 amide bonds. The Labute approximate surface area is 109 Å². The summed E-state index contributed by atoms with van der Waals surface area (Å²) < 4.78 is 0. The monoisotopic (exact) mass is 247 g/mol. The highest BCUT2D eigenvalue weighted by Crippen LogP contribution is 2.24. The Kier molecular flexibility index (Phi) is 3.87. The predicted molar refractivity (Wildman–Crippen MR) is 74.0 cm³/mol. The minimum Gasteiger partial charge on any atom is -0.323 e. The van der Waals surface area contributed by atoms with E-state index in [0.717, 1.165) is 25.2 Å². The van der Waals surface area contributed by atoms with Crippen molar-refractivity contribution >= 4 is 11.7 Å². The minimum absolute atomic E-state index is 0.0988. The number of benzene rings is 1. The van der Waals surface area contributed by atoms with Crippen LogP contribution in [0.15, 0.2) is 24.3 Å². The molecule has 98 valence electrons. The molecule has 1 N–H and O–H groups in total. The smallest absolute Gasteiger partial charge is 0.323 e. The molecule has 0 aliphatic carbocycles. The summed E-state index contributed by atoms with van der Waals surface area (Å²) in [4.78, 5) is 15.9. The van der Waals surface area contributed by atoms with Crippen LogP contribution >= 0.6 is 0 Å². The van der Waals surface area contributed by atoms with Crippen LogP contribution in [0.4, 0.5) is 10.5 Å². The first kappa shape index (κ1) is 12.9. The third-order valence-electron chi connectivity index (χ3n) is 3.51. The van der Waals surface area contributed by atoms with Gasteiger partial charge in [0.15, 0.2) is 0 Å². The Morgan fingerprint density at radius 1 is 1.44 bits per heavy atom. The van der Waals surface area contributed by atoms with E-state index in [1.54, 1.807) is 0 Å². The molecule has 0 saturated carbocycles. The number of carbonyl (C=O) groups excluding carboxylic acids is 1. The third kappa shape index (κ3) is 2.48. The normalized spacial score (nSPS) is 19.7. The van der Waals surface area contributed by atoms with Gasteiger partial charge in [0, 0.05) is 19.3 Å². The van der Waals surface area contributed by atoms with Crippen LogP contribution in [-0.2, 0) is 0 Å². The number of anilines is 1. The van der Waals surface area contributed by atoms with Crippen molar-refractivity contribution in [2.45, 2.75) is 19.4 Å². The largest absolute Gasteiger partial charge is 0.324 e. The second-order valence-corrected chi connectivity index (χ2v) is 4.89. The summed E-state index contributed by atoms with van der Waals surface area (Å²) in [6.45, 7) is 3.76.